The first-order chi connectivity index (χ1) is 8.80. The Kier molecular flexibility index (Phi) is 2.51. The fourth-order valence-electron chi connectivity index (χ4n) is 6.19. The summed E-state index contributed by atoms with van der Waals surface area (Å²) < 4.78 is 54.3. The van der Waals surface area contributed by atoms with Crippen LogP contribution in [-0.4, -0.2) is 10.8 Å². The third kappa shape index (κ3) is 1.51. The highest BCUT2D eigenvalue weighted by atomic mass is 79.9. The Morgan fingerprint density at radius 3 is 2.05 bits per heavy atom. The van der Waals surface area contributed by atoms with Crippen molar-refractivity contribution in [1.82, 2.24) is 0 Å². The first-order valence-corrected chi connectivity index (χ1v) is 8.04. The van der Waals surface area contributed by atoms with Gasteiger partial charge in [0.15, 0.2) is 0 Å². The zero-order valence-electron chi connectivity index (χ0n) is 10.5. The SMILES string of the molecule is FC(F)(Br)C(F)(F)C1CC2CC1C1C3CCC(C3)C21. The van der Waals surface area contributed by atoms with Crippen molar-refractivity contribution in [3.8, 4) is 0 Å². The summed E-state index contributed by atoms with van der Waals surface area (Å²) >= 11 is 1.91. The number of rotatable bonds is 2. The molecule has 0 nitrogen and oxygen atoms in total. The molecule has 7 atom stereocenters. The highest BCUT2D eigenvalue weighted by Gasteiger charge is 2.70. The van der Waals surface area contributed by atoms with Gasteiger partial charge < -0.3 is 0 Å². The average molecular weight is 341 g/mol. The van der Waals surface area contributed by atoms with E-state index in [-0.39, 0.29) is 11.8 Å². The van der Waals surface area contributed by atoms with Crippen molar-refractivity contribution in [3.63, 3.8) is 0 Å². The monoisotopic (exact) mass is 340 g/mol. The first kappa shape index (κ1) is 12.9. The van der Waals surface area contributed by atoms with E-state index < -0.39 is 16.7 Å². The van der Waals surface area contributed by atoms with Gasteiger partial charge >= 0.3 is 10.8 Å². The fourth-order valence-corrected chi connectivity index (χ4v) is 6.49. The van der Waals surface area contributed by atoms with Gasteiger partial charge in [-0.2, -0.15) is 17.6 Å². The van der Waals surface area contributed by atoms with Crippen LogP contribution in [0.3, 0.4) is 0 Å². The summed E-state index contributed by atoms with van der Waals surface area (Å²) in [6.07, 6.45) is 4.63. The van der Waals surface area contributed by atoms with Crippen LogP contribution in [0, 0.1) is 41.4 Å². The number of hydrogen-bond acceptors (Lipinski definition) is 0. The van der Waals surface area contributed by atoms with Gasteiger partial charge in [-0.1, -0.05) is 0 Å². The maximum Gasteiger partial charge on any atom is 0.363 e. The summed E-state index contributed by atoms with van der Waals surface area (Å²) in [5.41, 5.74) is 0. The predicted octanol–water partition coefficient (Wildman–Crippen LogP) is 4.93. The minimum Gasteiger partial charge on any atom is -0.198 e. The third-order valence-electron chi connectivity index (χ3n) is 6.58. The summed E-state index contributed by atoms with van der Waals surface area (Å²) in [5, 5.41) is 0. The molecule has 0 radical (unpaired) electrons. The van der Waals surface area contributed by atoms with Crippen LogP contribution < -0.4 is 0 Å². The molecular formula is C14H17BrF4. The zero-order chi connectivity index (χ0) is 13.6. The highest BCUT2D eigenvalue weighted by Crippen LogP contribution is 2.71. The Labute approximate surface area is 118 Å². The quantitative estimate of drug-likeness (QED) is 0.380. The van der Waals surface area contributed by atoms with Crippen molar-refractivity contribution in [1.29, 1.82) is 0 Å². The Balaban J connectivity index is 1.63. The van der Waals surface area contributed by atoms with Gasteiger partial charge in [-0.05, 0) is 83.5 Å². The molecule has 0 amide bonds. The molecule has 7 unspecified atom stereocenters. The standard InChI is InChI=1S/C14H17BrF4/c15-14(18,19)13(16,17)10-5-8-4-9(10)12-7-2-1-6(3-7)11(8)12/h6-12H,1-5H2. The topological polar surface area (TPSA) is 0 Å². The smallest absolute Gasteiger partial charge is 0.198 e. The maximum absolute atomic E-state index is 14.0. The van der Waals surface area contributed by atoms with Crippen LogP contribution in [0.2, 0.25) is 0 Å². The maximum atomic E-state index is 14.0. The van der Waals surface area contributed by atoms with Gasteiger partial charge in [-0.3, -0.25) is 0 Å². The molecule has 4 fully saturated rings. The van der Waals surface area contributed by atoms with E-state index in [0.717, 1.165) is 12.8 Å². The van der Waals surface area contributed by atoms with Crippen LogP contribution in [0.25, 0.3) is 0 Å². The van der Waals surface area contributed by atoms with E-state index in [9.17, 15) is 17.6 Å². The summed E-state index contributed by atoms with van der Waals surface area (Å²) in [4.78, 5) is -4.07. The lowest BCUT2D eigenvalue weighted by Crippen LogP contribution is -2.48. The molecule has 0 aromatic heterocycles. The molecule has 4 rings (SSSR count). The van der Waals surface area contributed by atoms with Gasteiger partial charge in [0.1, 0.15) is 0 Å². The number of fused-ring (bicyclic) bond motifs is 9. The Hall–Kier alpha value is 0.200. The molecule has 4 aliphatic rings. The lowest BCUT2D eigenvalue weighted by atomic mass is 9.66. The van der Waals surface area contributed by atoms with E-state index in [0.29, 0.717) is 30.1 Å². The molecule has 0 saturated heterocycles. The molecular weight excluding hydrogens is 324 g/mol. The second-order valence-corrected chi connectivity index (χ2v) is 8.11. The zero-order valence-corrected chi connectivity index (χ0v) is 12.1. The minimum atomic E-state index is -4.07. The van der Waals surface area contributed by atoms with E-state index in [2.05, 4.69) is 0 Å². The Morgan fingerprint density at radius 2 is 1.42 bits per heavy atom. The van der Waals surface area contributed by atoms with E-state index in [1.165, 1.54) is 12.8 Å². The van der Waals surface area contributed by atoms with Crippen LogP contribution in [0.5, 0.6) is 0 Å². The lowest BCUT2D eigenvalue weighted by molar-refractivity contribution is -0.199. The van der Waals surface area contributed by atoms with Crippen molar-refractivity contribution in [2.75, 3.05) is 0 Å². The summed E-state index contributed by atoms with van der Waals surface area (Å²) in [7, 11) is 0. The van der Waals surface area contributed by atoms with Crippen molar-refractivity contribution in [2.45, 2.75) is 42.9 Å². The van der Waals surface area contributed by atoms with E-state index in [1.807, 2.05) is 15.9 Å². The number of hydrogen-bond donors (Lipinski definition) is 0. The molecule has 0 N–H and O–H groups in total. The summed E-state index contributed by atoms with van der Waals surface area (Å²) in [6, 6.07) is 0. The van der Waals surface area contributed by atoms with Crippen LogP contribution in [0.4, 0.5) is 17.6 Å². The highest BCUT2D eigenvalue weighted by molar-refractivity contribution is 9.10. The molecule has 0 heterocycles. The fraction of sp³-hybridized carbons (Fsp3) is 1.00. The van der Waals surface area contributed by atoms with Crippen LogP contribution in [-0.2, 0) is 0 Å². The van der Waals surface area contributed by atoms with Crippen molar-refractivity contribution >= 4 is 15.9 Å². The molecule has 19 heavy (non-hydrogen) atoms. The molecule has 0 spiro atoms. The molecule has 5 heteroatoms. The molecule has 0 aliphatic heterocycles. The Bertz CT molecular complexity index is 405. The van der Waals surface area contributed by atoms with Gasteiger partial charge in [0.2, 0.25) is 0 Å². The van der Waals surface area contributed by atoms with Gasteiger partial charge in [0.25, 0.3) is 0 Å². The van der Waals surface area contributed by atoms with Crippen LogP contribution >= 0.6 is 15.9 Å². The van der Waals surface area contributed by atoms with Gasteiger partial charge in [-0.25, -0.2) is 0 Å². The Morgan fingerprint density at radius 1 is 0.789 bits per heavy atom. The number of alkyl halides is 5. The molecule has 4 bridgehead atoms. The van der Waals surface area contributed by atoms with Gasteiger partial charge in [0.05, 0.1) is 0 Å². The normalized spacial score (nSPS) is 51.9. The molecule has 4 aliphatic carbocycles. The summed E-state index contributed by atoms with van der Waals surface area (Å²) in [6.45, 7) is 0. The predicted molar refractivity (Wildman–Crippen MR) is 66.3 cm³/mol. The second-order valence-electron chi connectivity index (χ2n) is 7.11. The third-order valence-corrected chi connectivity index (χ3v) is 7.11. The molecule has 4 saturated carbocycles. The van der Waals surface area contributed by atoms with E-state index in [1.54, 1.807) is 0 Å². The largest absolute Gasteiger partial charge is 0.363 e. The van der Waals surface area contributed by atoms with Gasteiger partial charge in [-0.15, -0.1) is 0 Å². The lowest BCUT2D eigenvalue weighted by Gasteiger charge is -2.42. The van der Waals surface area contributed by atoms with Crippen molar-refractivity contribution < 1.29 is 17.6 Å². The average Bonchev–Trinajstić information content (AvgIpc) is 3.05. The summed E-state index contributed by atoms with van der Waals surface area (Å²) in [5.74, 6) is -2.73. The van der Waals surface area contributed by atoms with E-state index in [4.69, 9.17) is 0 Å². The van der Waals surface area contributed by atoms with Crippen LogP contribution in [0.15, 0.2) is 0 Å². The molecule has 0 aromatic carbocycles. The number of halogens is 5. The second kappa shape index (κ2) is 3.69. The molecule has 108 valence electrons. The first-order valence-electron chi connectivity index (χ1n) is 7.25. The van der Waals surface area contributed by atoms with Crippen molar-refractivity contribution in [2.24, 2.45) is 41.4 Å². The minimum absolute atomic E-state index is 0.163. The van der Waals surface area contributed by atoms with Crippen molar-refractivity contribution in [3.05, 3.63) is 0 Å². The molecule has 0 aromatic rings. The van der Waals surface area contributed by atoms with E-state index >= 15 is 0 Å². The van der Waals surface area contributed by atoms with Gasteiger partial charge in [0, 0.05) is 5.92 Å². The van der Waals surface area contributed by atoms with Crippen LogP contribution in [0.1, 0.15) is 32.1 Å².